The number of amides is 2. The molecule has 0 spiro atoms. The number of hydrogen-bond acceptors (Lipinski definition) is 6. The SMILES string of the molecule is CCCOC(=O)c1ccc(OCC(=O)NNC(=O)c2cccnc2)cc1. The standard InChI is InChI=1S/C18H19N3O5/c1-2-10-25-18(24)13-5-7-15(8-6-13)26-12-16(22)20-21-17(23)14-4-3-9-19-11-14/h3-9,11H,2,10,12H2,1H3,(H,20,22)(H,21,23). The first-order chi connectivity index (χ1) is 12.6. The summed E-state index contributed by atoms with van der Waals surface area (Å²) in [6.07, 6.45) is 3.67. The molecular formula is C18H19N3O5. The van der Waals surface area contributed by atoms with Crippen molar-refractivity contribution in [1.82, 2.24) is 15.8 Å². The lowest BCUT2D eigenvalue weighted by Gasteiger charge is -2.09. The average molecular weight is 357 g/mol. The van der Waals surface area contributed by atoms with E-state index in [1.54, 1.807) is 36.4 Å². The van der Waals surface area contributed by atoms with E-state index in [0.717, 1.165) is 6.42 Å². The van der Waals surface area contributed by atoms with Gasteiger partial charge >= 0.3 is 5.97 Å². The lowest BCUT2D eigenvalue weighted by atomic mass is 10.2. The predicted molar refractivity (Wildman–Crippen MR) is 92.4 cm³/mol. The number of ether oxygens (including phenoxy) is 2. The minimum atomic E-state index is -0.534. The third-order valence-corrected chi connectivity index (χ3v) is 3.14. The molecule has 2 amide bonds. The van der Waals surface area contributed by atoms with Crippen LogP contribution in [0.4, 0.5) is 0 Å². The lowest BCUT2D eigenvalue weighted by molar-refractivity contribution is -0.123. The number of carbonyl (C=O) groups excluding carboxylic acids is 3. The number of nitrogens with zero attached hydrogens (tertiary/aromatic N) is 1. The molecule has 8 nitrogen and oxygen atoms in total. The van der Waals surface area contributed by atoms with E-state index in [9.17, 15) is 14.4 Å². The summed E-state index contributed by atoms with van der Waals surface area (Å²) in [7, 11) is 0. The molecule has 0 aliphatic rings. The van der Waals surface area contributed by atoms with Gasteiger partial charge in [-0.05, 0) is 42.8 Å². The van der Waals surface area contributed by atoms with Crippen molar-refractivity contribution in [2.24, 2.45) is 0 Å². The molecule has 0 saturated carbocycles. The van der Waals surface area contributed by atoms with Crippen LogP contribution in [0.2, 0.25) is 0 Å². The van der Waals surface area contributed by atoms with Gasteiger partial charge in [0.25, 0.3) is 11.8 Å². The summed E-state index contributed by atoms with van der Waals surface area (Å²) in [6.45, 7) is 1.98. The summed E-state index contributed by atoms with van der Waals surface area (Å²) in [5.74, 6) is -1.02. The van der Waals surface area contributed by atoms with E-state index < -0.39 is 17.8 Å². The van der Waals surface area contributed by atoms with Crippen LogP contribution in [-0.4, -0.2) is 36.0 Å². The Morgan fingerprint density at radius 3 is 2.46 bits per heavy atom. The second-order valence-electron chi connectivity index (χ2n) is 5.19. The Balaban J connectivity index is 1.75. The number of nitrogens with one attached hydrogen (secondary N) is 2. The number of pyridine rings is 1. The van der Waals surface area contributed by atoms with E-state index in [1.807, 2.05) is 6.92 Å². The average Bonchev–Trinajstić information content (AvgIpc) is 2.69. The highest BCUT2D eigenvalue weighted by atomic mass is 16.5. The first-order valence-corrected chi connectivity index (χ1v) is 7.99. The van der Waals surface area contributed by atoms with Crippen molar-refractivity contribution in [3.05, 3.63) is 59.9 Å². The van der Waals surface area contributed by atoms with Crippen LogP contribution in [-0.2, 0) is 9.53 Å². The van der Waals surface area contributed by atoms with Gasteiger partial charge in [0.05, 0.1) is 17.7 Å². The fourth-order valence-electron chi connectivity index (χ4n) is 1.85. The van der Waals surface area contributed by atoms with Crippen LogP contribution in [0.15, 0.2) is 48.8 Å². The minimum absolute atomic E-state index is 0.299. The van der Waals surface area contributed by atoms with E-state index in [-0.39, 0.29) is 6.61 Å². The summed E-state index contributed by atoms with van der Waals surface area (Å²) in [5.41, 5.74) is 5.22. The summed E-state index contributed by atoms with van der Waals surface area (Å²) >= 11 is 0. The van der Waals surface area contributed by atoms with Crippen LogP contribution >= 0.6 is 0 Å². The molecule has 0 bridgehead atoms. The van der Waals surface area contributed by atoms with Gasteiger partial charge in [-0.25, -0.2) is 4.79 Å². The third kappa shape index (κ3) is 5.90. The first-order valence-electron chi connectivity index (χ1n) is 7.99. The maximum atomic E-state index is 11.7. The predicted octanol–water partition coefficient (Wildman–Crippen LogP) is 1.49. The molecule has 0 radical (unpaired) electrons. The highest BCUT2D eigenvalue weighted by Crippen LogP contribution is 2.13. The summed E-state index contributed by atoms with van der Waals surface area (Å²) < 4.78 is 10.3. The minimum Gasteiger partial charge on any atom is -0.484 e. The molecule has 0 saturated heterocycles. The first kappa shape index (κ1) is 18.9. The second kappa shape index (κ2) is 9.77. The van der Waals surface area contributed by atoms with Crippen LogP contribution in [0, 0.1) is 0 Å². The van der Waals surface area contributed by atoms with Crippen molar-refractivity contribution < 1.29 is 23.9 Å². The zero-order valence-electron chi connectivity index (χ0n) is 14.2. The molecule has 136 valence electrons. The molecule has 1 aromatic carbocycles. The molecule has 8 heteroatoms. The maximum absolute atomic E-state index is 11.7. The van der Waals surface area contributed by atoms with E-state index in [4.69, 9.17) is 9.47 Å². The molecular weight excluding hydrogens is 338 g/mol. The quantitative estimate of drug-likeness (QED) is 0.574. The number of aromatic nitrogens is 1. The molecule has 1 aromatic heterocycles. The summed E-state index contributed by atoms with van der Waals surface area (Å²) in [4.78, 5) is 38.9. The summed E-state index contributed by atoms with van der Waals surface area (Å²) in [5, 5.41) is 0. The van der Waals surface area contributed by atoms with Gasteiger partial charge in [0.2, 0.25) is 0 Å². The fourth-order valence-corrected chi connectivity index (χ4v) is 1.85. The molecule has 0 fully saturated rings. The lowest BCUT2D eigenvalue weighted by Crippen LogP contribution is -2.43. The highest BCUT2D eigenvalue weighted by Gasteiger charge is 2.09. The topological polar surface area (TPSA) is 107 Å². The van der Waals surface area contributed by atoms with Crippen molar-refractivity contribution in [2.75, 3.05) is 13.2 Å². The zero-order chi connectivity index (χ0) is 18.8. The molecule has 0 unspecified atom stereocenters. The Morgan fingerprint density at radius 1 is 1.04 bits per heavy atom. The van der Waals surface area contributed by atoms with Gasteiger partial charge < -0.3 is 9.47 Å². The number of rotatable bonds is 7. The van der Waals surface area contributed by atoms with E-state index in [0.29, 0.717) is 23.5 Å². The molecule has 0 aliphatic carbocycles. The van der Waals surface area contributed by atoms with Crippen molar-refractivity contribution in [3.8, 4) is 5.75 Å². The fraction of sp³-hybridized carbons (Fsp3) is 0.222. The van der Waals surface area contributed by atoms with E-state index in [1.165, 1.54) is 12.4 Å². The smallest absolute Gasteiger partial charge is 0.338 e. The Labute approximate surface area is 150 Å². The van der Waals surface area contributed by atoms with Crippen LogP contribution in [0.1, 0.15) is 34.1 Å². The third-order valence-electron chi connectivity index (χ3n) is 3.14. The van der Waals surface area contributed by atoms with E-state index in [2.05, 4.69) is 15.8 Å². The second-order valence-corrected chi connectivity index (χ2v) is 5.19. The van der Waals surface area contributed by atoms with Crippen LogP contribution in [0.25, 0.3) is 0 Å². The van der Waals surface area contributed by atoms with Crippen molar-refractivity contribution in [1.29, 1.82) is 0 Å². The molecule has 0 aliphatic heterocycles. The Kier molecular flexibility index (Phi) is 7.11. The Hall–Kier alpha value is -3.42. The van der Waals surface area contributed by atoms with Crippen LogP contribution in [0.3, 0.4) is 0 Å². The van der Waals surface area contributed by atoms with Crippen molar-refractivity contribution in [3.63, 3.8) is 0 Å². The number of hydrazine groups is 1. The molecule has 2 aromatic rings. The molecule has 1 heterocycles. The van der Waals surface area contributed by atoms with Gasteiger partial charge in [-0.3, -0.25) is 25.4 Å². The highest BCUT2D eigenvalue weighted by molar-refractivity contribution is 5.95. The number of benzene rings is 1. The van der Waals surface area contributed by atoms with Gasteiger partial charge in [0, 0.05) is 12.4 Å². The normalized spacial score (nSPS) is 9.88. The van der Waals surface area contributed by atoms with Gasteiger partial charge in [-0.15, -0.1) is 0 Å². The van der Waals surface area contributed by atoms with Crippen molar-refractivity contribution in [2.45, 2.75) is 13.3 Å². The number of esters is 1. The molecule has 2 rings (SSSR count). The van der Waals surface area contributed by atoms with Gasteiger partial charge in [-0.1, -0.05) is 6.92 Å². The largest absolute Gasteiger partial charge is 0.484 e. The monoisotopic (exact) mass is 357 g/mol. The zero-order valence-corrected chi connectivity index (χ0v) is 14.2. The van der Waals surface area contributed by atoms with Crippen LogP contribution in [0.5, 0.6) is 5.75 Å². The van der Waals surface area contributed by atoms with Crippen LogP contribution < -0.4 is 15.6 Å². The number of carbonyl (C=O) groups is 3. The molecule has 2 N–H and O–H groups in total. The number of hydrogen-bond donors (Lipinski definition) is 2. The van der Waals surface area contributed by atoms with Gasteiger partial charge in [-0.2, -0.15) is 0 Å². The van der Waals surface area contributed by atoms with E-state index >= 15 is 0 Å². The Morgan fingerprint density at radius 2 is 1.81 bits per heavy atom. The Bertz CT molecular complexity index is 747. The molecule has 0 atom stereocenters. The van der Waals surface area contributed by atoms with Gasteiger partial charge in [0.15, 0.2) is 6.61 Å². The maximum Gasteiger partial charge on any atom is 0.338 e. The molecule has 26 heavy (non-hydrogen) atoms. The van der Waals surface area contributed by atoms with Gasteiger partial charge in [0.1, 0.15) is 5.75 Å². The summed E-state index contributed by atoms with van der Waals surface area (Å²) in [6, 6.07) is 9.40. The van der Waals surface area contributed by atoms with Crippen molar-refractivity contribution >= 4 is 17.8 Å².